The van der Waals surface area contributed by atoms with Gasteiger partial charge in [-0.25, -0.2) is 0 Å². The maximum atomic E-state index is 12.8. The third kappa shape index (κ3) is 3.51. The van der Waals surface area contributed by atoms with Crippen LogP contribution in [0.3, 0.4) is 0 Å². The number of hydrogen-bond donors (Lipinski definition) is 2. The highest BCUT2D eigenvalue weighted by Crippen LogP contribution is 2.34. The van der Waals surface area contributed by atoms with Gasteiger partial charge in [-0.05, 0) is 37.0 Å². The third-order valence-corrected chi connectivity index (χ3v) is 5.48. The van der Waals surface area contributed by atoms with Crippen LogP contribution in [0.1, 0.15) is 65.4 Å². The first-order valence-electron chi connectivity index (χ1n) is 9.85. The van der Waals surface area contributed by atoms with Crippen molar-refractivity contribution in [1.29, 1.82) is 0 Å². The first-order valence-corrected chi connectivity index (χ1v) is 9.85. The topological polar surface area (TPSA) is 101 Å². The van der Waals surface area contributed by atoms with Crippen LogP contribution in [-0.4, -0.2) is 23.8 Å². The number of nitrogens with one attached hydrogen (secondary N) is 2. The molecule has 0 saturated carbocycles. The number of amides is 1. The fourth-order valence-electron chi connectivity index (χ4n) is 3.97. The van der Waals surface area contributed by atoms with E-state index >= 15 is 0 Å². The van der Waals surface area contributed by atoms with E-state index in [1.165, 1.54) is 6.07 Å². The average Bonchev–Trinajstić information content (AvgIpc) is 3.11. The molecule has 0 aliphatic heterocycles. The molecule has 0 radical (unpaired) electrons. The van der Waals surface area contributed by atoms with Crippen molar-refractivity contribution in [2.24, 2.45) is 5.41 Å². The third-order valence-electron chi connectivity index (χ3n) is 5.48. The van der Waals surface area contributed by atoms with Gasteiger partial charge in [0.1, 0.15) is 11.3 Å². The van der Waals surface area contributed by atoms with Gasteiger partial charge in [0, 0.05) is 23.1 Å². The van der Waals surface area contributed by atoms with E-state index in [1.54, 1.807) is 20.1 Å². The zero-order valence-electron chi connectivity index (χ0n) is 17.4. The van der Waals surface area contributed by atoms with E-state index in [9.17, 15) is 14.4 Å². The predicted octanol–water partition coefficient (Wildman–Crippen LogP) is 3.78. The van der Waals surface area contributed by atoms with E-state index in [-0.39, 0.29) is 16.8 Å². The first-order chi connectivity index (χ1) is 14.2. The first kappa shape index (κ1) is 19.9. The number of benzene rings is 1. The molecule has 1 atom stereocenters. The highest BCUT2D eigenvalue weighted by Gasteiger charge is 2.33. The van der Waals surface area contributed by atoms with Gasteiger partial charge >= 0.3 is 0 Å². The number of fused-ring (bicyclic) bond motifs is 2. The molecule has 1 aromatic carbocycles. The van der Waals surface area contributed by atoms with E-state index in [1.807, 2.05) is 32.0 Å². The van der Waals surface area contributed by atoms with Gasteiger partial charge in [-0.15, -0.1) is 0 Å². The predicted molar refractivity (Wildman–Crippen MR) is 112 cm³/mol. The molecule has 156 valence electrons. The second-order valence-electron chi connectivity index (χ2n) is 8.57. The molecule has 2 N–H and O–H groups in total. The molecule has 1 aliphatic carbocycles. The zero-order valence-corrected chi connectivity index (χ0v) is 17.4. The molecule has 7 nitrogen and oxygen atoms in total. The van der Waals surface area contributed by atoms with E-state index < -0.39 is 17.5 Å². The fourth-order valence-corrected chi connectivity index (χ4v) is 3.97. The van der Waals surface area contributed by atoms with Crippen molar-refractivity contribution in [2.45, 2.75) is 39.7 Å². The summed E-state index contributed by atoms with van der Waals surface area (Å²) >= 11 is 0. The van der Waals surface area contributed by atoms with Crippen molar-refractivity contribution in [1.82, 2.24) is 10.3 Å². The number of carbonyl (C=O) groups is 2. The number of furan rings is 1. The van der Waals surface area contributed by atoms with E-state index in [0.717, 1.165) is 5.39 Å². The molecular formula is C23H24N2O5. The lowest BCUT2D eigenvalue weighted by Gasteiger charge is -2.29. The van der Waals surface area contributed by atoms with Crippen molar-refractivity contribution in [3.05, 3.63) is 63.3 Å². The maximum absolute atomic E-state index is 12.8. The van der Waals surface area contributed by atoms with Crippen molar-refractivity contribution in [3.8, 4) is 5.75 Å². The molecule has 1 amide bonds. The normalized spacial score (nSPS) is 16.2. The zero-order chi connectivity index (χ0) is 21.6. The Bertz CT molecular complexity index is 1220. The van der Waals surface area contributed by atoms with Gasteiger partial charge in [0.05, 0.1) is 13.2 Å². The summed E-state index contributed by atoms with van der Waals surface area (Å²) in [4.78, 5) is 40.6. The molecule has 3 aromatic rings. The Hall–Kier alpha value is -3.35. The Morgan fingerprint density at radius 3 is 2.73 bits per heavy atom. The molecule has 0 bridgehead atoms. The highest BCUT2D eigenvalue weighted by atomic mass is 16.5. The second kappa shape index (κ2) is 7.16. The Balaban J connectivity index is 1.61. The summed E-state index contributed by atoms with van der Waals surface area (Å²) in [6.07, 6.45) is 0.965. The Morgan fingerprint density at radius 1 is 1.23 bits per heavy atom. The number of ether oxygens (including phenoxy) is 1. The molecule has 0 spiro atoms. The van der Waals surface area contributed by atoms with Crippen LogP contribution >= 0.6 is 0 Å². The lowest BCUT2D eigenvalue weighted by molar-refractivity contribution is 0.0910. The van der Waals surface area contributed by atoms with Crippen molar-refractivity contribution in [2.75, 3.05) is 7.11 Å². The largest absolute Gasteiger partial charge is 0.493 e. The van der Waals surface area contributed by atoms with Crippen molar-refractivity contribution < 1.29 is 18.7 Å². The lowest BCUT2D eigenvalue weighted by Crippen LogP contribution is -2.35. The van der Waals surface area contributed by atoms with Crippen LogP contribution in [0.25, 0.3) is 11.0 Å². The summed E-state index contributed by atoms with van der Waals surface area (Å²) in [5.74, 6) is 0.514. The molecular weight excluding hydrogens is 384 g/mol. The van der Waals surface area contributed by atoms with Crippen molar-refractivity contribution in [3.63, 3.8) is 0 Å². The summed E-state index contributed by atoms with van der Waals surface area (Å²) in [5.41, 5.74) is 0.803. The Labute approximate surface area is 173 Å². The smallest absolute Gasteiger partial charge is 0.261 e. The minimum absolute atomic E-state index is 0.0658. The highest BCUT2D eigenvalue weighted by molar-refractivity contribution is 6.02. The van der Waals surface area contributed by atoms with Gasteiger partial charge in [0.25, 0.3) is 11.5 Å². The molecule has 4 rings (SSSR count). The number of H-pyrrole nitrogens is 1. The number of aromatic nitrogens is 1. The standard InChI is InChI=1S/C23H24N2O5/c1-12(19-8-13-6-5-7-18(29-4)20(13)30-19)24-21(27)15-9-14-16(25-22(15)28)10-23(2,3)11-17(14)26/h5-9,12H,10-11H2,1-4H3,(H,24,27)(H,25,28). The molecule has 2 heterocycles. The minimum atomic E-state index is -0.559. The van der Waals surface area contributed by atoms with E-state index in [4.69, 9.17) is 9.15 Å². The van der Waals surface area contributed by atoms with Crippen LogP contribution in [0.4, 0.5) is 0 Å². The summed E-state index contributed by atoms with van der Waals surface area (Å²) in [7, 11) is 1.56. The molecule has 0 fully saturated rings. The Morgan fingerprint density at radius 2 is 2.00 bits per heavy atom. The van der Waals surface area contributed by atoms with Crippen molar-refractivity contribution >= 4 is 22.7 Å². The molecule has 7 heteroatoms. The van der Waals surface area contributed by atoms with Gasteiger partial charge in [-0.1, -0.05) is 26.0 Å². The quantitative estimate of drug-likeness (QED) is 0.684. The number of ketones is 1. The minimum Gasteiger partial charge on any atom is -0.493 e. The molecule has 1 aliphatic rings. The van der Waals surface area contributed by atoms with Crippen LogP contribution in [-0.2, 0) is 6.42 Å². The maximum Gasteiger partial charge on any atom is 0.261 e. The molecule has 30 heavy (non-hydrogen) atoms. The summed E-state index contributed by atoms with van der Waals surface area (Å²) in [6.45, 7) is 5.73. The monoisotopic (exact) mass is 408 g/mol. The van der Waals surface area contributed by atoms with Crippen LogP contribution < -0.4 is 15.6 Å². The van der Waals surface area contributed by atoms with Crippen LogP contribution in [0.5, 0.6) is 5.75 Å². The number of rotatable bonds is 4. The van der Waals surface area contributed by atoms with Crippen LogP contribution in [0.2, 0.25) is 0 Å². The number of carbonyl (C=O) groups excluding carboxylic acids is 2. The molecule has 2 aromatic heterocycles. The van der Waals surface area contributed by atoms with Gasteiger partial charge in [-0.3, -0.25) is 14.4 Å². The number of aromatic amines is 1. The Kier molecular flexibility index (Phi) is 4.76. The summed E-state index contributed by atoms with van der Waals surface area (Å²) in [6, 6.07) is 8.29. The van der Waals surface area contributed by atoms with Gasteiger partial charge in [0.15, 0.2) is 17.1 Å². The van der Waals surface area contributed by atoms with Crippen LogP contribution in [0, 0.1) is 5.41 Å². The van der Waals surface area contributed by atoms with E-state index in [2.05, 4.69) is 10.3 Å². The number of Topliss-reactive ketones (excluding diaryl/α,β-unsaturated/α-hetero) is 1. The lowest BCUT2D eigenvalue weighted by atomic mass is 9.75. The number of para-hydroxylation sites is 1. The molecule has 1 unspecified atom stereocenters. The number of methoxy groups -OCH3 is 1. The van der Waals surface area contributed by atoms with Gasteiger partial charge in [-0.2, -0.15) is 0 Å². The summed E-state index contributed by atoms with van der Waals surface area (Å²) < 4.78 is 11.2. The van der Waals surface area contributed by atoms with Crippen LogP contribution in [0.15, 0.2) is 39.5 Å². The number of hydrogen-bond acceptors (Lipinski definition) is 5. The molecule has 0 saturated heterocycles. The van der Waals surface area contributed by atoms with E-state index in [0.29, 0.717) is 41.2 Å². The van der Waals surface area contributed by atoms with Gasteiger partial charge < -0.3 is 19.5 Å². The average molecular weight is 408 g/mol. The number of pyridine rings is 1. The summed E-state index contributed by atoms with van der Waals surface area (Å²) in [5, 5.41) is 3.64. The second-order valence-corrected chi connectivity index (χ2v) is 8.57. The van der Waals surface area contributed by atoms with Gasteiger partial charge in [0.2, 0.25) is 0 Å². The fraction of sp³-hybridized carbons (Fsp3) is 0.348. The SMILES string of the molecule is COc1cccc2cc(C(C)NC(=O)c3cc4c([nH]c3=O)CC(C)(C)CC4=O)oc12.